The topological polar surface area (TPSA) is 52.8 Å². The van der Waals surface area contributed by atoms with Gasteiger partial charge in [-0.15, -0.1) is 0 Å². The number of para-hydroxylation sites is 2. The highest BCUT2D eigenvalue weighted by molar-refractivity contribution is 6.09. The Hall–Kier alpha value is -8.15. The summed E-state index contributed by atoms with van der Waals surface area (Å²) >= 11 is 0. The molecule has 13 rings (SSSR count). The third-order valence-electron chi connectivity index (χ3n) is 15.4. The molecule has 338 valence electrons. The molecule has 2 aliphatic carbocycles. The molecule has 3 aliphatic rings. The monoisotopic (exact) mass is 904 g/mol. The molecule has 3 heterocycles. The van der Waals surface area contributed by atoms with E-state index in [1.807, 2.05) is 0 Å². The Morgan fingerprint density at radius 2 is 1.27 bits per heavy atom. The van der Waals surface area contributed by atoms with Crippen molar-refractivity contribution >= 4 is 27.4 Å². The van der Waals surface area contributed by atoms with Crippen molar-refractivity contribution in [2.45, 2.75) is 64.2 Å². The molecule has 5 heteroatoms. The van der Waals surface area contributed by atoms with Gasteiger partial charge in [0.15, 0.2) is 11.6 Å². The Morgan fingerprint density at radius 3 is 2.04 bits per heavy atom. The van der Waals surface area contributed by atoms with Crippen LogP contribution in [-0.4, -0.2) is 19.5 Å². The van der Waals surface area contributed by atoms with Crippen molar-refractivity contribution in [2.24, 2.45) is 0 Å². The van der Waals surface area contributed by atoms with Crippen LogP contribution in [-0.2, 0) is 11.8 Å². The molecule has 0 fully saturated rings. The van der Waals surface area contributed by atoms with Crippen LogP contribution in [0.25, 0.3) is 78.1 Å². The molecule has 5 nitrogen and oxygen atoms in total. The van der Waals surface area contributed by atoms with Crippen molar-refractivity contribution in [3.8, 4) is 56.5 Å². The van der Waals surface area contributed by atoms with Gasteiger partial charge in [0, 0.05) is 38.8 Å². The third kappa shape index (κ3) is 6.78. The van der Waals surface area contributed by atoms with Crippen LogP contribution in [0.1, 0.15) is 84.7 Å². The Bertz CT molecular complexity index is 3730. The largest absolute Gasteiger partial charge is 0.461 e. The molecule has 10 aromatic rings. The van der Waals surface area contributed by atoms with Gasteiger partial charge < -0.3 is 4.74 Å². The van der Waals surface area contributed by atoms with Crippen molar-refractivity contribution in [3.63, 3.8) is 0 Å². The predicted molar refractivity (Wildman–Crippen MR) is 286 cm³/mol. The summed E-state index contributed by atoms with van der Waals surface area (Å²) in [5.74, 6) is 4.11. The first-order chi connectivity index (χ1) is 34.3. The molecule has 70 heavy (non-hydrogen) atoms. The molecule has 0 bridgehead atoms. The minimum Gasteiger partial charge on any atom is -0.461 e. The molecule has 8 aromatic carbocycles. The number of fused-ring (bicyclic) bond motifs is 9. The summed E-state index contributed by atoms with van der Waals surface area (Å²) in [6, 6.07) is 65.9. The van der Waals surface area contributed by atoms with E-state index in [2.05, 4.69) is 226 Å². The van der Waals surface area contributed by atoms with Gasteiger partial charge in [0.1, 0.15) is 11.5 Å². The molecule has 0 N–H and O–H groups in total. The predicted octanol–water partition coefficient (Wildman–Crippen LogP) is 16.2. The van der Waals surface area contributed by atoms with Gasteiger partial charge in [0.2, 0.25) is 5.95 Å². The van der Waals surface area contributed by atoms with Crippen molar-refractivity contribution in [3.05, 3.63) is 239 Å². The zero-order valence-electron chi connectivity index (χ0n) is 39.9. The van der Waals surface area contributed by atoms with Gasteiger partial charge in [0.05, 0.1) is 11.0 Å². The Balaban J connectivity index is 0.863. The maximum atomic E-state index is 6.67. The van der Waals surface area contributed by atoms with Crippen molar-refractivity contribution < 1.29 is 4.74 Å². The number of hydrogen-bond acceptors (Lipinski definition) is 4. The van der Waals surface area contributed by atoms with E-state index in [1.165, 1.54) is 66.8 Å². The van der Waals surface area contributed by atoms with Gasteiger partial charge in [-0.3, -0.25) is 4.57 Å². The summed E-state index contributed by atoms with van der Waals surface area (Å²) in [4.78, 5) is 15.9. The lowest BCUT2D eigenvalue weighted by atomic mass is 9.80. The normalized spacial score (nSPS) is 15.7. The number of allylic oxidation sites excluding steroid dienone is 4. The molecular formula is C65H52N4O. The molecule has 0 saturated heterocycles. The second kappa shape index (κ2) is 16.5. The first-order valence-corrected chi connectivity index (χ1v) is 24.8. The molecule has 2 aromatic heterocycles. The highest BCUT2D eigenvalue weighted by Gasteiger charge is 2.37. The number of ether oxygens (including phenoxy) is 1. The van der Waals surface area contributed by atoms with Gasteiger partial charge in [-0.2, -0.15) is 9.97 Å². The first kappa shape index (κ1) is 42.0. The first-order valence-electron chi connectivity index (χ1n) is 24.8. The van der Waals surface area contributed by atoms with Gasteiger partial charge in [-0.1, -0.05) is 185 Å². The van der Waals surface area contributed by atoms with Gasteiger partial charge in [0.25, 0.3) is 0 Å². The van der Waals surface area contributed by atoms with Crippen molar-refractivity contribution in [1.29, 1.82) is 0 Å². The van der Waals surface area contributed by atoms with Crippen molar-refractivity contribution in [2.75, 3.05) is 0 Å². The van der Waals surface area contributed by atoms with Crippen LogP contribution in [0.4, 0.5) is 0 Å². The summed E-state index contributed by atoms with van der Waals surface area (Å²) in [7, 11) is 0. The second-order valence-electron chi connectivity index (χ2n) is 19.8. The smallest absolute Gasteiger partial charge is 0.238 e. The number of hydrogen-bond donors (Lipinski definition) is 0. The molecule has 0 radical (unpaired) electrons. The number of aromatic nitrogens is 4. The fourth-order valence-electron chi connectivity index (χ4n) is 11.8. The Kier molecular flexibility index (Phi) is 9.91. The quantitative estimate of drug-likeness (QED) is 0.145. The van der Waals surface area contributed by atoms with E-state index in [1.54, 1.807) is 0 Å². The summed E-state index contributed by atoms with van der Waals surface area (Å²) in [6.07, 6.45) is 7.14. The van der Waals surface area contributed by atoms with E-state index in [0.717, 1.165) is 63.7 Å². The van der Waals surface area contributed by atoms with Crippen LogP contribution in [0, 0.1) is 6.92 Å². The third-order valence-corrected chi connectivity index (χ3v) is 15.4. The van der Waals surface area contributed by atoms with E-state index in [9.17, 15) is 0 Å². The number of benzene rings is 8. The summed E-state index contributed by atoms with van der Waals surface area (Å²) in [5.41, 5.74) is 19.8. The van der Waals surface area contributed by atoms with Gasteiger partial charge in [-0.25, -0.2) is 4.98 Å². The van der Waals surface area contributed by atoms with Crippen LogP contribution < -0.4 is 4.74 Å². The molecule has 1 aliphatic heterocycles. The second-order valence-corrected chi connectivity index (χ2v) is 19.8. The van der Waals surface area contributed by atoms with E-state index < -0.39 is 0 Å². The van der Waals surface area contributed by atoms with E-state index in [0.29, 0.717) is 23.5 Å². The minimum absolute atomic E-state index is 0.0244. The molecule has 0 saturated carbocycles. The van der Waals surface area contributed by atoms with E-state index >= 15 is 0 Å². The Morgan fingerprint density at radius 1 is 0.600 bits per heavy atom. The van der Waals surface area contributed by atoms with E-state index in [-0.39, 0.29) is 11.3 Å². The highest BCUT2D eigenvalue weighted by Crippen LogP contribution is 2.52. The van der Waals surface area contributed by atoms with E-state index in [4.69, 9.17) is 19.7 Å². The maximum Gasteiger partial charge on any atom is 0.238 e. The van der Waals surface area contributed by atoms with Gasteiger partial charge >= 0.3 is 0 Å². The maximum absolute atomic E-state index is 6.67. The number of aryl methyl sites for hydroxylation is 1. The molecule has 2 unspecified atom stereocenters. The van der Waals surface area contributed by atoms with Gasteiger partial charge in [-0.05, 0) is 124 Å². The van der Waals surface area contributed by atoms with Crippen LogP contribution in [0.5, 0.6) is 5.75 Å². The molecular weight excluding hydrogens is 853 g/mol. The number of rotatable bonds is 9. The number of nitrogens with zero attached hydrogens (tertiary/aromatic N) is 4. The van der Waals surface area contributed by atoms with Crippen LogP contribution >= 0.6 is 0 Å². The lowest BCUT2D eigenvalue weighted by Crippen LogP contribution is -2.15. The summed E-state index contributed by atoms with van der Waals surface area (Å²) in [6.45, 7) is 9.31. The minimum atomic E-state index is -0.0244. The lowest BCUT2D eigenvalue weighted by Gasteiger charge is -2.23. The fourth-order valence-corrected chi connectivity index (χ4v) is 11.8. The van der Waals surface area contributed by atoms with Crippen molar-refractivity contribution in [1.82, 2.24) is 19.5 Å². The standard InChI is InChI=1S/C65H52N4O/c1-5-41(37-45-20-9-10-21-47(45)53-39-54-49-22-11-14-26-55(49)65(3,4)56(54)36-40(53)2)42-30-32-44(33-31-42)62-66-63(68-64(67-62)69-57-27-15-12-23-50(57)51-24-13-16-28-58(51)69)46-34-35-52-60(38-46)70-59-29-17-25-48(61(52)59)43-18-7-6-8-19-43/h6-34,36,38-39,41,52H,5,35,37H2,1-4H3. The fraction of sp³-hybridized carbons (Fsp3) is 0.154. The SMILES string of the molecule is CCC(Cc1ccccc1-c1cc2c(cc1C)C(C)(C)c1ccccc1-2)c1ccc(-c2nc(C3=CCC4C(=C3)Oc3cccc(-c5ccccc5)c34)nc(-n3c4ccccc4c4ccccc43)n2)cc1. The zero-order valence-corrected chi connectivity index (χ0v) is 39.9. The molecule has 0 amide bonds. The van der Waals surface area contributed by atoms with Crippen LogP contribution in [0.15, 0.2) is 200 Å². The summed E-state index contributed by atoms with van der Waals surface area (Å²) < 4.78 is 8.85. The highest BCUT2D eigenvalue weighted by atomic mass is 16.5. The average molecular weight is 905 g/mol. The van der Waals surface area contributed by atoms with Crippen LogP contribution in [0.3, 0.4) is 0 Å². The Labute approximate surface area is 409 Å². The molecule has 0 spiro atoms. The lowest BCUT2D eigenvalue weighted by molar-refractivity contribution is 0.426. The zero-order chi connectivity index (χ0) is 47.1. The average Bonchev–Trinajstić information content (AvgIpc) is 4.03. The molecule has 2 atom stereocenters. The summed E-state index contributed by atoms with van der Waals surface area (Å²) in [5, 5.41) is 2.32. The van der Waals surface area contributed by atoms with Crippen LogP contribution in [0.2, 0.25) is 0 Å².